The predicted molar refractivity (Wildman–Crippen MR) is 218 cm³/mol. The molecule has 0 aliphatic heterocycles. The van der Waals surface area contributed by atoms with Crippen LogP contribution in [0.25, 0.3) is 0 Å². The van der Waals surface area contributed by atoms with E-state index in [1.807, 2.05) is 0 Å². The van der Waals surface area contributed by atoms with E-state index in [4.69, 9.17) is 9.84 Å². The number of unbranched alkanes of at least 4 members (excludes halogenated alkanes) is 30. The molecule has 4 nitrogen and oxygen atoms in total. The zero-order valence-corrected chi connectivity index (χ0v) is 33.7. The summed E-state index contributed by atoms with van der Waals surface area (Å²) in [5.74, 6) is -0.797. The van der Waals surface area contributed by atoms with Gasteiger partial charge < -0.3 is 9.84 Å². The molecule has 0 aromatic rings. The highest BCUT2D eigenvalue weighted by Crippen LogP contribution is 2.17. The van der Waals surface area contributed by atoms with E-state index < -0.39 is 5.97 Å². The SMILES string of the molecule is CCCCCC/C=C\C/C=C\C(CCCCCCC(=O)O)OC(=O)CCCCCCCCCCCCCCCCCCCCCCCCCC. The number of hydrogen-bond donors (Lipinski definition) is 1. The van der Waals surface area contributed by atoms with Crippen LogP contribution in [0.3, 0.4) is 0 Å². The van der Waals surface area contributed by atoms with Crippen molar-refractivity contribution in [2.24, 2.45) is 0 Å². The molecule has 0 heterocycles. The van der Waals surface area contributed by atoms with E-state index >= 15 is 0 Å². The molecule has 0 amide bonds. The minimum Gasteiger partial charge on any atom is -0.481 e. The molecule has 0 rings (SSSR count). The van der Waals surface area contributed by atoms with Crippen LogP contribution in [0.2, 0.25) is 0 Å². The second kappa shape index (κ2) is 41.8. The number of rotatable bonds is 41. The molecule has 1 atom stereocenters. The number of esters is 1. The molecule has 4 heteroatoms. The molecular weight excluding hydrogens is 617 g/mol. The lowest BCUT2D eigenvalue weighted by atomic mass is 10.0. The Bertz CT molecular complexity index is 757. The van der Waals surface area contributed by atoms with E-state index in [0.717, 1.165) is 57.8 Å². The number of carboxylic acid groups (broad SMARTS) is 1. The topological polar surface area (TPSA) is 63.6 Å². The van der Waals surface area contributed by atoms with Crippen molar-refractivity contribution in [3.8, 4) is 0 Å². The third kappa shape index (κ3) is 40.8. The maximum atomic E-state index is 12.6. The number of carbonyl (C=O) groups excluding carboxylic acids is 1. The number of carbonyl (C=O) groups is 2. The zero-order chi connectivity index (χ0) is 36.4. The molecule has 294 valence electrons. The van der Waals surface area contributed by atoms with E-state index in [1.54, 1.807) is 0 Å². The summed E-state index contributed by atoms with van der Waals surface area (Å²) in [5.41, 5.74) is 0. The van der Waals surface area contributed by atoms with Crippen LogP contribution in [0.15, 0.2) is 24.3 Å². The second-order valence-corrected chi connectivity index (χ2v) is 15.2. The van der Waals surface area contributed by atoms with Gasteiger partial charge in [0.15, 0.2) is 0 Å². The van der Waals surface area contributed by atoms with E-state index in [0.29, 0.717) is 6.42 Å². The zero-order valence-electron chi connectivity index (χ0n) is 33.7. The summed E-state index contributed by atoms with van der Waals surface area (Å²) in [7, 11) is 0. The summed E-state index contributed by atoms with van der Waals surface area (Å²) >= 11 is 0. The summed E-state index contributed by atoms with van der Waals surface area (Å²) in [5, 5.41) is 8.84. The number of hydrogen-bond acceptors (Lipinski definition) is 3. The molecule has 0 fully saturated rings. The van der Waals surface area contributed by atoms with Crippen LogP contribution >= 0.6 is 0 Å². The van der Waals surface area contributed by atoms with Gasteiger partial charge >= 0.3 is 11.9 Å². The molecule has 0 bridgehead atoms. The molecule has 50 heavy (non-hydrogen) atoms. The Morgan fingerprint density at radius 1 is 0.460 bits per heavy atom. The summed E-state index contributed by atoms with van der Waals surface area (Å²) in [6.07, 6.45) is 53.9. The third-order valence-electron chi connectivity index (χ3n) is 10.2. The fourth-order valence-corrected chi connectivity index (χ4v) is 6.84. The minimum atomic E-state index is -0.723. The largest absolute Gasteiger partial charge is 0.481 e. The highest BCUT2D eigenvalue weighted by atomic mass is 16.5. The maximum Gasteiger partial charge on any atom is 0.306 e. The van der Waals surface area contributed by atoms with Crippen LogP contribution in [-0.2, 0) is 14.3 Å². The third-order valence-corrected chi connectivity index (χ3v) is 10.2. The average Bonchev–Trinajstić information content (AvgIpc) is 3.10. The normalized spacial score (nSPS) is 12.4. The Balaban J connectivity index is 3.77. The molecule has 0 aromatic heterocycles. The van der Waals surface area contributed by atoms with Gasteiger partial charge in [-0.15, -0.1) is 0 Å². The molecule has 0 saturated heterocycles. The Labute approximate surface area is 312 Å². The van der Waals surface area contributed by atoms with Gasteiger partial charge in [0.1, 0.15) is 6.10 Å². The van der Waals surface area contributed by atoms with Crippen molar-refractivity contribution in [2.45, 2.75) is 258 Å². The van der Waals surface area contributed by atoms with Crippen LogP contribution in [0.4, 0.5) is 0 Å². The van der Waals surface area contributed by atoms with Crippen molar-refractivity contribution in [1.82, 2.24) is 0 Å². The monoisotopic (exact) mass is 703 g/mol. The number of allylic oxidation sites excluding steroid dienone is 3. The molecule has 1 unspecified atom stereocenters. The summed E-state index contributed by atoms with van der Waals surface area (Å²) < 4.78 is 5.88. The van der Waals surface area contributed by atoms with Gasteiger partial charge in [-0.25, -0.2) is 0 Å². The number of carboxylic acids is 1. The van der Waals surface area contributed by atoms with Crippen molar-refractivity contribution in [1.29, 1.82) is 0 Å². The molecule has 0 radical (unpaired) electrons. The Morgan fingerprint density at radius 2 is 0.840 bits per heavy atom. The van der Waals surface area contributed by atoms with Gasteiger partial charge in [0.2, 0.25) is 0 Å². The first-order valence-corrected chi connectivity index (χ1v) is 22.3. The molecular formula is C46H86O4. The first-order chi connectivity index (χ1) is 24.6. The van der Waals surface area contributed by atoms with Crippen LogP contribution in [0.5, 0.6) is 0 Å². The van der Waals surface area contributed by atoms with E-state index in [9.17, 15) is 9.59 Å². The van der Waals surface area contributed by atoms with Gasteiger partial charge in [0, 0.05) is 12.8 Å². The fraction of sp³-hybridized carbons (Fsp3) is 0.870. The van der Waals surface area contributed by atoms with E-state index in [1.165, 1.54) is 167 Å². The van der Waals surface area contributed by atoms with Gasteiger partial charge in [-0.1, -0.05) is 212 Å². The van der Waals surface area contributed by atoms with Crippen molar-refractivity contribution in [3.05, 3.63) is 24.3 Å². The summed E-state index contributed by atoms with van der Waals surface area (Å²) in [6, 6.07) is 0. The standard InChI is InChI=1S/C46H86O4/c1-3-5-7-9-11-13-14-15-16-17-18-19-20-21-22-23-24-25-26-27-29-31-33-39-43-46(49)50-44(41-37-34-35-38-42-45(47)48)40-36-32-30-28-12-10-8-6-4-2/h28,30,36,40,44H,3-27,29,31-35,37-39,41-43H2,1-2H3,(H,47,48)/b30-28-,40-36-. The van der Waals surface area contributed by atoms with Crippen molar-refractivity contribution in [3.63, 3.8) is 0 Å². The second-order valence-electron chi connectivity index (χ2n) is 15.2. The lowest BCUT2D eigenvalue weighted by Gasteiger charge is -2.14. The molecule has 0 saturated carbocycles. The van der Waals surface area contributed by atoms with Crippen molar-refractivity contribution >= 4 is 11.9 Å². The average molecular weight is 703 g/mol. The van der Waals surface area contributed by atoms with Gasteiger partial charge in [0.25, 0.3) is 0 Å². The smallest absolute Gasteiger partial charge is 0.306 e. The highest BCUT2D eigenvalue weighted by Gasteiger charge is 2.11. The minimum absolute atomic E-state index is 0.0733. The first kappa shape index (κ1) is 48.4. The Hall–Kier alpha value is -1.58. The van der Waals surface area contributed by atoms with Crippen molar-refractivity contribution < 1.29 is 19.4 Å². The fourth-order valence-electron chi connectivity index (χ4n) is 6.84. The number of ether oxygens (including phenoxy) is 1. The molecule has 0 aliphatic rings. The van der Waals surface area contributed by atoms with Gasteiger partial charge in [-0.3, -0.25) is 9.59 Å². The highest BCUT2D eigenvalue weighted by molar-refractivity contribution is 5.69. The van der Waals surface area contributed by atoms with Crippen molar-refractivity contribution in [2.75, 3.05) is 0 Å². The quantitative estimate of drug-likeness (QED) is 0.0391. The van der Waals surface area contributed by atoms with Gasteiger partial charge in [-0.05, 0) is 51.0 Å². The van der Waals surface area contributed by atoms with E-state index in [2.05, 4.69) is 38.2 Å². The van der Waals surface area contributed by atoms with Crippen LogP contribution in [-0.4, -0.2) is 23.1 Å². The molecule has 1 N–H and O–H groups in total. The molecule has 0 aliphatic carbocycles. The Morgan fingerprint density at radius 3 is 1.28 bits per heavy atom. The first-order valence-electron chi connectivity index (χ1n) is 22.3. The summed E-state index contributed by atoms with van der Waals surface area (Å²) in [6.45, 7) is 4.54. The number of aliphatic carboxylic acids is 1. The van der Waals surface area contributed by atoms with E-state index in [-0.39, 0.29) is 18.5 Å². The summed E-state index contributed by atoms with van der Waals surface area (Å²) in [4.78, 5) is 23.4. The molecule has 0 spiro atoms. The predicted octanol–water partition coefficient (Wildman–Crippen LogP) is 15.6. The maximum absolute atomic E-state index is 12.6. The van der Waals surface area contributed by atoms with Crippen LogP contribution in [0, 0.1) is 0 Å². The van der Waals surface area contributed by atoms with Gasteiger partial charge in [0.05, 0.1) is 0 Å². The Kier molecular flexibility index (Phi) is 40.5. The molecule has 0 aromatic carbocycles. The lowest BCUT2D eigenvalue weighted by molar-refractivity contribution is -0.147. The lowest BCUT2D eigenvalue weighted by Crippen LogP contribution is -2.16. The van der Waals surface area contributed by atoms with Crippen LogP contribution < -0.4 is 0 Å². The van der Waals surface area contributed by atoms with Crippen LogP contribution in [0.1, 0.15) is 251 Å². The van der Waals surface area contributed by atoms with Gasteiger partial charge in [-0.2, -0.15) is 0 Å².